The van der Waals surface area contributed by atoms with E-state index < -0.39 is 11.2 Å². The van der Waals surface area contributed by atoms with Crippen LogP contribution in [0.4, 0.5) is 0 Å². The minimum Gasteiger partial charge on any atom is -0.612 e. The number of pyridine rings is 1. The Labute approximate surface area is 212 Å². The number of nitrogens with one attached hydrogen (secondary N) is 1. The summed E-state index contributed by atoms with van der Waals surface area (Å²) in [4.78, 5) is 10.2. The molecule has 0 amide bonds. The standard InChI is InChI=1S/C27H27N7OS/c1-5-22-29-24-17(2)15-18(3)28-27(24)34(22)16-19-11-13-21(14-12-19)23(20-9-7-6-8-10-20)25(36(4)35)26-30-32-33-31-26/h6-15H,5,16H2,1-4H3,(H,30,31,32,33)/b25-23+. The van der Waals surface area contributed by atoms with Crippen molar-refractivity contribution >= 4 is 32.8 Å². The van der Waals surface area contributed by atoms with Gasteiger partial charge in [0.15, 0.2) is 5.65 Å². The van der Waals surface area contributed by atoms with Gasteiger partial charge in [-0.3, -0.25) is 0 Å². The van der Waals surface area contributed by atoms with Gasteiger partial charge in [-0.2, -0.15) is 0 Å². The quantitative estimate of drug-likeness (QED) is 0.333. The number of aromatic nitrogens is 7. The van der Waals surface area contributed by atoms with Crippen LogP contribution in [0.2, 0.25) is 0 Å². The van der Waals surface area contributed by atoms with Gasteiger partial charge in [0.2, 0.25) is 10.7 Å². The van der Waals surface area contributed by atoms with Gasteiger partial charge < -0.3 is 9.12 Å². The Balaban J connectivity index is 1.59. The lowest BCUT2D eigenvalue weighted by Crippen LogP contribution is -2.08. The number of fused-ring (bicyclic) bond motifs is 1. The van der Waals surface area contributed by atoms with Crippen LogP contribution >= 0.6 is 0 Å². The minimum atomic E-state index is -1.33. The molecule has 0 saturated carbocycles. The number of hydrogen-bond acceptors (Lipinski definition) is 6. The third kappa shape index (κ3) is 4.55. The molecular formula is C27H27N7OS. The summed E-state index contributed by atoms with van der Waals surface area (Å²) in [6, 6.07) is 20.3. The van der Waals surface area contributed by atoms with E-state index in [1.54, 1.807) is 6.26 Å². The molecule has 0 radical (unpaired) electrons. The number of aryl methyl sites for hydroxylation is 3. The average molecular weight is 498 g/mol. The van der Waals surface area contributed by atoms with Crippen molar-refractivity contribution < 1.29 is 4.55 Å². The molecule has 1 N–H and O–H groups in total. The topological polar surface area (TPSA) is 108 Å². The zero-order valence-corrected chi connectivity index (χ0v) is 21.5. The van der Waals surface area contributed by atoms with Crippen LogP contribution in [-0.2, 0) is 24.1 Å². The number of rotatable bonds is 7. The Morgan fingerprint density at radius 2 is 1.72 bits per heavy atom. The van der Waals surface area contributed by atoms with Crippen molar-refractivity contribution in [2.75, 3.05) is 6.26 Å². The molecule has 0 saturated heterocycles. The van der Waals surface area contributed by atoms with E-state index in [0.717, 1.165) is 56.9 Å². The molecule has 3 aromatic heterocycles. The molecule has 1 atom stereocenters. The average Bonchev–Trinajstić information content (AvgIpc) is 3.52. The number of aromatic amines is 1. The number of imidazole rings is 1. The fraction of sp³-hybridized carbons (Fsp3) is 0.222. The second-order valence-electron chi connectivity index (χ2n) is 8.69. The Morgan fingerprint density at radius 3 is 2.36 bits per heavy atom. The maximum absolute atomic E-state index is 12.9. The molecule has 0 aliphatic heterocycles. The van der Waals surface area contributed by atoms with Crippen molar-refractivity contribution in [3.8, 4) is 0 Å². The predicted molar refractivity (Wildman–Crippen MR) is 143 cm³/mol. The predicted octanol–water partition coefficient (Wildman–Crippen LogP) is 4.47. The van der Waals surface area contributed by atoms with Crippen LogP contribution in [0.25, 0.3) is 21.6 Å². The molecule has 8 nitrogen and oxygen atoms in total. The van der Waals surface area contributed by atoms with E-state index in [1.807, 2.05) is 37.3 Å². The van der Waals surface area contributed by atoms with Crippen molar-refractivity contribution in [3.05, 3.63) is 100 Å². The van der Waals surface area contributed by atoms with E-state index in [1.165, 1.54) is 0 Å². The lowest BCUT2D eigenvalue weighted by Gasteiger charge is -2.15. The summed E-state index contributed by atoms with van der Waals surface area (Å²) in [5.41, 5.74) is 7.83. The summed E-state index contributed by atoms with van der Waals surface area (Å²) in [6.45, 7) is 6.88. The van der Waals surface area contributed by atoms with E-state index in [4.69, 9.17) is 9.97 Å². The van der Waals surface area contributed by atoms with Gasteiger partial charge in [-0.1, -0.05) is 61.5 Å². The van der Waals surface area contributed by atoms with Crippen molar-refractivity contribution in [3.63, 3.8) is 0 Å². The lowest BCUT2D eigenvalue weighted by molar-refractivity contribution is 0.610. The van der Waals surface area contributed by atoms with Gasteiger partial charge in [0.05, 0.1) is 6.54 Å². The fourth-order valence-corrected chi connectivity index (χ4v) is 5.41. The summed E-state index contributed by atoms with van der Waals surface area (Å²) in [5, 5.41) is 14.2. The first-order chi connectivity index (χ1) is 17.5. The number of tetrazole rings is 1. The summed E-state index contributed by atoms with van der Waals surface area (Å²) >= 11 is -1.33. The monoisotopic (exact) mass is 497 g/mol. The van der Waals surface area contributed by atoms with Gasteiger partial charge in [-0.05, 0) is 63.8 Å². The largest absolute Gasteiger partial charge is 0.612 e. The summed E-state index contributed by atoms with van der Waals surface area (Å²) < 4.78 is 15.1. The van der Waals surface area contributed by atoms with Gasteiger partial charge in [-0.25, -0.2) is 15.1 Å². The smallest absolute Gasteiger partial charge is 0.228 e. The first-order valence-corrected chi connectivity index (χ1v) is 13.3. The third-order valence-corrected chi connectivity index (χ3v) is 7.11. The Hall–Kier alpha value is -3.82. The summed E-state index contributed by atoms with van der Waals surface area (Å²) in [7, 11) is 0. The number of hydrogen-bond donors (Lipinski definition) is 1. The van der Waals surface area contributed by atoms with E-state index in [2.05, 4.69) is 69.4 Å². The maximum atomic E-state index is 12.9. The molecule has 9 heteroatoms. The first kappa shape index (κ1) is 23.9. The molecule has 0 fully saturated rings. The molecular weight excluding hydrogens is 470 g/mol. The van der Waals surface area contributed by atoms with Crippen molar-refractivity contribution in [2.24, 2.45) is 0 Å². The van der Waals surface area contributed by atoms with Gasteiger partial charge in [0.1, 0.15) is 17.6 Å². The molecule has 0 spiro atoms. The van der Waals surface area contributed by atoms with Crippen LogP contribution < -0.4 is 0 Å². The number of H-pyrrole nitrogens is 1. The highest BCUT2D eigenvalue weighted by molar-refractivity contribution is 8.00. The second kappa shape index (κ2) is 10.0. The first-order valence-electron chi connectivity index (χ1n) is 11.8. The number of nitrogens with zero attached hydrogens (tertiary/aromatic N) is 6. The van der Waals surface area contributed by atoms with E-state index in [-0.39, 0.29) is 0 Å². The van der Waals surface area contributed by atoms with Crippen molar-refractivity contribution in [2.45, 2.75) is 33.7 Å². The zero-order valence-electron chi connectivity index (χ0n) is 20.7. The van der Waals surface area contributed by atoms with Crippen LogP contribution in [0, 0.1) is 13.8 Å². The molecule has 182 valence electrons. The minimum absolute atomic E-state index is 0.396. The van der Waals surface area contributed by atoms with Crippen LogP contribution in [-0.4, -0.2) is 46.0 Å². The molecule has 0 aliphatic rings. The second-order valence-corrected chi connectivity index (χ2v) is 10.0. The van der Waals surface area contributed by atoms with Gasteiger partial charge >= 0.3 is 0 Å². The van der Waals surface area contributed by atoms with Crippen LogP contribution in [0.1, 0.15) is 46.5 Å². The maximum Gasteiger partial charge on any atom is 0.228 e. The zero-order chi connectivity index (χ0) is 25.2. The normalized spacial score (nSPS) is 13.1. The summed E-state index contributed by atoms with van der Waals surface area (Å²) in [5.74, 6) is 1.41. The Kier molecular flexibility index (Phi) is 6.67. The van der Waals surface area contributed by atoms with Crippen molar-refractivity contribution in [1.82, 2.24) is 35.2 Å². The Morgan fingerprint density at radius 1 is 1.00 bits per heavy atom. The molecule has 3 heterocycles. The van der Waals surface area contributed by atoms with Crippen LogP contribution in [0.5, 0.6) is 0 Å². The molecule has 2 aromatic carbocycles. The van der Waals surface area contributed by atoms with Crippen LogP contribution in [0.3, 0.4) is 0 Å². The Bertz CT molecular complexity index is 1520. The fourth-order valence-electron chi connectivity index (χ4n) is 4.53. The highest BCUT2D eigenvalue weighted by atomic mass is 32.2. The van der Waals surface area contributed by atoms with E-state index in [9.17, 15) is 4.55 Å². The summed E-state index contributed by atoms with van der Waals surface area (Å²) in [6.07, 6.45) is 2.47. The molecule has 36 heavy (non-hydrogen) atoms. The lowest BCUT2D eigenvalue weighted by atomic mass is 9.96. The van der Waals surface area contributed by atoms with Gasteiger partial charge in [0.25, 0.3) is 0 Å². The molecule has 0 bridgehead atoms. The molecule has 1 unspecified atom stereocenters. The van der Waals surface area contributed by atoms with E-state index >= 15 is 0 Å². The van der Waals surface area contributed by atoms with Gasteiger partial charge in [-0.15, -0.1) is 5.10 Å². The number of benzene rings is 2. The van der Waals surface area contributed by atoms with Crippen LogP contribution in [0.15, 0.2) is 60.7 Å². The SMILES string of the molecule is CCc1nc2c(C)cc(C)nc2n1Cc1ccc(/C(=C(\c2nnn[nH]2)[S+](C)[O-])c2ccccc2)cc1. The van der Waals surface area contributed by atoms with E-state index in [0.29, 0.717) is 17.3 Å². The molecule has 5 rings (SSSR count). The van der Waals surface area contributed by atoms with Gasteiger partial charge in [0, 0.05) is 17.7 Å². The highest BCUT2D eigenvalue weighted by Crippen LogP contribution is 2.34. The third-order valence-electron chi connectivity index (χ3n) is 6.14. The molecule has 0 aliphatic carbocycles. The highest BCUT2D eigenvalue weighted by Gasteiger charge is 2.25. The van der Waals surface area contributed by atoms with Crippen molar-refractivity contribution in [1.29, 1.82) is 0 Å². The molecule has 5 aromatic rings.